The SMILES string of the molecule is CC/C=C\C/C=C\C/C=C\C/C=C\C/C=C\CCCC(=O)OCC(COP(=O)(O)OCC(O)COP(=O)(O)OCC(COC(=O)CCCCCCC/C=C\CCCCCCCC)OC(=O)CCCCCCC/C=C\CCCC)OC(=O)CCCC/C=C\C/C=C\C/C=C\C/C=C\CC. The van der Waals surface area contributed by atoms with E-state index in [1.165, 1.54) is 51.4 Å². The zero-order chi connectivity index (χ0) is 71.8. The molecule has 0 aliphatic carbocycles. The maximum Gasteiger partial charge on any atom is 0.472 e. The molecule has 5 unspecified atom stereocenters. The summed E-state index contributed by atoms with van der Waals surface area (Å²) in [7, 11) is -9.98. The Kier molecular flexibility index (Phi) is 67.2. The number of aliphatic hydroxyl groups excluding tert-OH is 1. The second-order valence-electron chi connectivity index (χ2n) is 24.5. The van der Waals surface area contributed by atoms with Crippen LogP contribution in [0.5, 0.6) is 0 Å². The molecule has 98 heavy (non-hydrogen) atoms. The van der Waals surface area contributed by atoms with E-state index in [0.29, 0.717) is 38.5 Å². The first-order valence-corrected chi connectivity index (χ1v) is 40.4. The molecule has 0 aromatic carbocycles. The van der Waals surface area contributed by atoms with Gasteiger partial charge in [0.2, 0.25) is 0 Å². The van der Waals surface area contributed by atoms with Crippen LogP contribution in [-0.2, 0) is 65.4 Å². The highest BCUT2D eigenvalue weighted by atomic mass is 31.2. The minimum atomic E-state index is -5.00. The summed E-state index contributed by atoms with van der Waals surface area (Å²) in [5.41, 5.74) is 0. The number of phosphoric acid groups is 2. The number of unbranched alkanes of at least 4 members (excludes halogenated alkanes) is 21. The van der Waals surface area contributed by atoms with Crippen molar-refractivity contribution in [3.8, 4) is 0 Å². The Morgan fingerprint density at radius 2 is 0.551 bits per heavy atom. The van der Waals surface area contributed by atoms with Crippen molar-refractivity contribution in [3.63, 3.8) is 0 Å². The number of allylic oxidation sites excluding steroid dienone is 22. The Hall–Kier alpha value is -4.80. The van der Waals surface area contributed by atoms with Crippen LogP contribution in [0.1, 0.15) is 285 Å². The second kappa shape index (κ2) is 70.6. The molecule has 0 radical (unpaired) electrons. The van der Waals surface area contributed by atoms with Gasteiger partial charge in [-0.05, 0) is 148 Å². The molecule has 0 fully saturated rings. The minimum absolute atomic E-state index is 0.0265. The highest BCUT2D eigenvalue weighted by Crippen LogP contribution is 2.45. The van der Waals surface area contributed by atoms with E-state index in [2.05, 4.69) is 149 Å². The summed E-state index contributed by atoms with van der Waals surface area (Å²) in [4.78, 5) is 72.7. The topological polar surface area (TPSA) is 237 Å². The lowest BCUT2D eigenvalue weighted by Crippen LogP contribution is -2.30. The highest BCUT2D eigenvalue weighted by Gasteiger charge is 2.30. The molecule has 560 valence electrons. The van der Waals surface area contributed by atoms with Crippen molar-refractivity contribution in [2.75, 3.05) is 39.6 Å². The summed E-state index contributed by atoms with van der Waals surface area (Å²) < 4.78 is 68.3. The van der Waals surface area contributed by atoms with Gasteiger partial charge >= 0.3 is 39.5 Å². The van der Waals surface area contributed by atoms with E-state index in [1.807, 2.05) is 12.2 Å². The third-order valence-electron chi connectivity index (χ3n) is 15.1. The van der Waals surface area contributed by atoms with Gasteiger partial charge in [0.25, 0.3) is 0 Å². The lowest BCUT2D eigenvalue weighted by atomic mass is 10.1. The first kappa shape index (κ1) is 93.2. The van der Waals surface area contributed by atoms with E-state index in [1.54, 1.807) is 0 Å². The molecule has 17 nitrogen and oxygen atoms in total. The minimum Gasteiger partial charge on any atom is -0.462 e. The lowest BCUT2D eigenvalue weighted by molar-refractivity contribution is -0.161. The molecule has 0 aliphatic rings. The van der Waals surface area contributed by atoms with Gasteiger partial charge in [0.05, 0.1) is 26.4 Å². The van der Waals surface area contributed by atoms with E-state index in [0.717, 1.165) is 141 Å². The van der Waals surface area contributed by atoms with Crippen LogP contribution in [-0.4, -0.2) is 96.7 Å². The third-order valence-corrected chi connectivity index (χ3v) is 17.0. The summed E-state index contributed by atoms with van der Waals surface area (Å²) in [6, 6.07) is 0. The van der Waals surface area contributed by atoms with Gasteiger partial charge in [0.1, 0.15) is 19.3 Å². The number of phosphoric ester groups is 2. The van der Waals surface area contributed by atoms with Crippen LogP contribution in [0.2, 0.25) is 0 Å². The number of rotatable bonds is 69. The molecule has 0 aromatic heterocycles. The maximum absolute atomic E-state index is 13.1. The predicted molar refractivity (Wildman–Crippen MR) is 399 cm³/mol. The van der Waals surface area contributed by atoms with Crippen LogP contribution in [0.4, 0.5) is 0 Å². The highest BCUT2D eigenvalue weighted by molar-refractivity contribution is 7.47. The van der Waals surface area contributed by atoms with Gasteiger partial charge in [0.15, 0.2) is 12.2 Å². The molecule has 5 atom stereocenters. The van der Waals surface area contributed by atoms with Crippen LogP contribution in [0.15, 0.2) is 134 Å². The van der Waals surface area contributed by atoms with Crippen molar-refractivity contribution >= 4 is 39.5 Å². The fourth-order valence-corrected chi connectivity index (χ4v) is 11.0. The lowest BCUT2D eigenvalue weighted by Gasteiger charge is -2.21. The van der Waals surface area contributed by atoms with E-state index in [-0.39, 0.29) is 25.7 Å². The van der Waals surface area contributed by atoms with E-state index < -0.39 is 97.5 Å². The van der Waals surface area contributed by atoms with Gasteiger partial charge in [-0.15, -0.1) is 0 Å². The molecule has 0 saturated heterocycles. The van der Waals surface area contributed by atoms with E-state index in [4.69, 9.17) is 37.0 Å². The zero-order valence-corrected chi connectivity index (χ0v) is 62.7. The molecular formula is C79H132O17P2. The van der Waals surface area contributed by atoms with Gasteiger partial charge in [-0.25, -0.2) is 9.13 Å². The van der Waals surface area contributed by atoms with Gasteiger partial charge < -0.3 is 33.8 Å². The summed E-state index contributed by atoms with van der Waals surface area (Å²) in [5.74, 6) is -2.32. The van der Waals surface area contributed by atoms with Crippen molar-refractivity contribution in [2.24, 2.45) is 0 Å². The van der Waals surface area contributed by atoms with Crippen LogP contribution >= 0.6 is 15.6 Å². The van der Waals surface area contributed by atoms with Crippen molar-refractivity contribution in [1.29, 1.82) is 0 Å². The van der Waals surface area contributed by atoms with Gasteiger partial charge in [-0.1, -0.05) is 245 Å². The molecule has 0 heterocycles. The average molecular weight is 1420 g/mol. The quantitative estimate of drug-likeness (QED) is 0.0169. The first-order valence-electron chi connectivity index (χ1n) is 37.4. The summed E-state index contributed by atoms with van der Waals surface area (Å²) in [6.45, 7) is 4.45. The average Bonchev–Trinajstić information content (AvgIpc) is 0.986. The fourth-order valence-electron chi connectivity index (χ4n) is 9.40. The van der Waals surface area contributed by atoms with Crippen LogP contribution < -0.4 is 0 Å². The van der Waals surface area contributed by atoms with E-state index in [9.17, 15) is 43.2 Å². The Morgan fingerprint density at radius 3 is 0.918 bits per heavy atom. The maximum atomic E-state index is 13.1. The Morgan fingerprint density at radius 1 is 0.296 bits per heavy atom. The first-order chi connectivity index (χ1) is 47.7. The van der Waals surface area contributed by atoms with Gasteiger partial charge in [-0.2, -0.15) is 0 Å². The van der Waals surface area contributed by atoms with Crippen LogP contribution in [0.3, 0.4) is 0 Å². The monoisotopic (exact) mass is 1410 g/mol. The molecule has 0 aromatic rings. The Labute approximate surface area is 593 Å². The zero-order valence-electron chi connectivity index (χ0n) is 60.9. The largest absolute Gasteiger partial charge is 0.472 e. The number of aliphatic hydroxyl groups is 1. The number of carbonyl (C=O) groups excluding carboxylic acids is 4. The fraction of sp³-hybridized carbons (Fsp3) is 0.671. The number of hydrogen-bond donors (Lipinski definition) is 3. The molecule has 0 saturated carbocycles. The van der Waals surface area contributed by atoms with Gasteiger partial charge in [0, 0.05) is 25.7 Å². The molecular weight excluding hydrogens is 1280 g/mol. The van der Waals surface area contributed by atoms with Crippen LogP contribution in [0.25, 0.3) is 0 Å². The molecule has 0 aliphatic heterocycles. The number of ether oxygens (including phenoxy) is 4. The molecule has 3 N–H and O–H groups in total. The van der Waals surface area contributed by atoms with Crippen molar-refractivity contribution in [1.82, 2.24) is 0 Å². The number of hydrogen-bond acceptors (Lipinski definition) is 15. The number of carbonyl (C=O) groups is 4. The van der Waals surface area contributed by atoms with Crippen molar-refractivity contribution in [2.45, 2.75) is 303 Å². The molecule has 0 bridgehead atoms. The summed E-state index contributed by atoms with van der Waals surface area (Å²) >= 11 is 0. The summed E-state index contributed by atoms with van der Waals surface area (Å²) in [5, 5.41) is 10.6. The molecule has 0 spiro atoms. The smallest absolute Gasteiger partial charge is 0.462 e. The molecule has 0 rings (SSSR count). The molecule has 19 heteroatoms. The summed E-state index contributed by atoms with van der Waals surface area (Å²) in [6.07, 6.45) is 77.5. The Bertz CT molecular complexity index is 2380. The van der Waals surface area contributed by atoms with Crippen molar-refractivity contribution < 1.29 is 80.2 Å². The molecule has 0 amide bonds. The third kappa shape index (κ3) is 69.7. The van der Waals surface area contributed by atoms with Gasteiger partial charge in [-0.3, -0.25) is 37.3 Å². The standard InChI is InChI=1S/C79H132O17P2/c1-5-9-13-17-21-25-29-32-35-36-39-41-45-48-52-56-60-64-77(82)90-70-75(96-79(84)66-62-58-54-50-46-42-38-34-31-27-23-19-15-11-7-3)72-94-98(87,88)92-68-73(80)67-91-97(85,86)93-71-74(95-78(83)65-61-57-53-49-43-28-24-20-16-12-8-4)69-89-76(81)63-59-55-51-47-44-40-37-33-30-26-22-18-14-10-6-2/h9,11,13,15,20-21,23-25,27,32-35,37-39,41,46,48,50,52,73-75,80H,5-8,10,12,14,16-19,22,26,28-31,36,40,42-45,47,49,51,53-72H2,1-4H3,(H,85,86)(H,87,88)/b13-9-,15-11-,24-20-,25-21-,27-23-,35-32-,37-33-,38-34-,41-39-,50-46-,52-48-. The normalized spacial score (nSPS) is 14.7. The Balaban J connectivity index is 5.43. The number of esters is 4. The van der Waals surface area contributed by atoms with E-state index >= 15 is 0 Å². The second-order valence-corrected chi connectivity index (χ2v) is 27.4. The van der Waals surface area contributed by atoms with Crippen LogP contribution in [0, 0.1) is 0 Å². The predicted octanol–water partition coefficient (Wildman–Crippen LogP) is 21.3. The van der Waals surface area contributed by atoms with Crippen molar-refractivity contribution in [3.05, 3.63) is 134 Å².